The topological polar surface area (TPSA) is 64.7 Å². The van der Waals surface area contributed by atoms with Crippen molar-refractivity contribution in [2.75, 3.05) is 5.73 Å². The van der Waals surface area contributed by atoms with Gasteiger partial charge in [0.1, 0.15) is 17.8 Å². The molecule has 0 amide bonds. The van der Waals surface area contributed by atoms with Crippen molar-refractivity contribution in [3.05, 3.63) is 48.5 Å². The highest BCUT2D eigenvalue weighted by atomic mass is 19.4. The van der Waals surface area contributed by atoms with Crippen LogP contribution in [-0.2, 0) is 6.18 Å². The average Bonchev–Trinajstić information content (AvgIpc) is 2.46. The number of alkyl halides is 3. The molecule has 2 aromatic heterocycles. The van der Waals surface area contributed by atoms with Crippen molar-refractivity contribution >= 4 is 16.7 Å². The molecule has 0 unspecified atom stereocenters. The molecule has 3 aromatic rings. The van der Waals surface area contributed by atoms with Crippen LogP contribution in [0.1, 0.15) is 5.69 Å². The molecule has 3 rings (SSSR count). The van der Waals surface area contributed by atoms with E-state index in [2.05, 4.69) is 15.0 Å². The second-order valence-corrected chi connectivity index (χ2v) is 4.39. The van der Waals surface area contributed by atoms with Crippen LogP contribution in [0.4, 0.5) is 19.0 Å². The van der Waals surface area contributed by atoms with Gasteiger partial charge in [-0.25, -0.2) is 15.0 Å². The molecule has 0 saturated heterocycles. The van der Waals surface area contributed by atoms with Gasteiger partial charge >= 0.3 is 6.18 Å². The zero-order chi connectivity index (χ0) is 15.0. The summed E-state index contributed by atoms with van der Waals surface area (Å²) < 4.78 is 39.0. The normalized spacial score (nSPS) is 11.8. The number of benzene rings is 1. The maximum atomic E-state index is 13.0. The summed E-state index contributed by atoms with van der Waals surface area (Å²) in [4.78, 5) is 11.3. The van der Waals surface area contributed by atoms with Crippen molar-refractivity contribution in [1.82, 2.24) is 15.0 Å². The molecule has 4 nitrogen and oxygen atoms in total. The summed E-state index contributed by atoms with van der Waals surface area (Å²) in [6.45, 7) is 0. The van der Waals surface area contributed by atoms with Crippen LogP contribution >= 0.6 is 0 Å². The van der Waals surface area contributed by atoms with Crippen molar-refractivity contribution < 1.29 is 13.2 Å². The first kappa shape index (κ1) is 13.3. The van der Waals surface area contributed by atoms with Gasteiger partial charge < -0.3 is 5.73 Å². The van der Waals surface area contributed by atoms with Gasteiger partial charge in [0.05, 0.1) is 5.52 Å². The Morgan fingerprint density at radius 1 is 1.05 bits per heavy atom. The molecule has 106 valence electrons. The molecule has 0 radical (unpaired) electrons. The molecule has 0 spiro atoms. The van der Waals surface area contributed by atoms with Crippen LogP contribution in [0.3, 0.4) is 0 Å². The number of halogens is 3. The monoisotopic (exact) mass is 290 g/mol. The summed E-state index contributed by atoms with van der Waals surface area (Å²) in [6, 6.07) is 7.53. The zero-order valence-corrected chi connectivity index (χ0v) is 10.6. The molecule has 0 aliphatic heterocycles. The SMILES string of the molecule is Nc1ncncc1-c1cc(C(F)(F)F)nc2ccccc12. The van der Waals surface area contributed by atoms with E-state index in [1.165, 1.54) is 18.6 Å². The Bertz CT molecular complexity index is 815. The van der Waals surface area contributed by atoms with Gasteiger partial charge in [0.2, 0.25) is 0 Å². The lowest BCUT2D eigenvalue weighted by Crippen LogP contribution is -2.08. The van der Waals surface area contributed by atoms with E-state index in [9.17, 15) is 13.2 Å². The predicted molar refractivity (Wildman–Crippen MR) is 72.2 cm³/mol. The third-order valence-corrected chi connectivity index (χ3v) is 3.04. The first-order valence-corrected chi connectivity index (χ1v) is 5.99. The Morgan fingerprint density at radius 3 is 2.52 bits per heavy atom. The number of anilines is 1. The van der Waals surface area contributed by atoms with E-state index in [1.54, 1.807) is 18.2 Å². The van der Waals surface area contributed by atoms with Crippen LogP contribution in [-0.4, -0.2) is 15.0 Å². The molecule has 0 atom stereocenters. The lowest BCUT2D eigenvalue weighted by Gasteiger charge is -2.12. The highest BCUT2D eigenvalue weighted by Crippen LogP contribution is 2.36. The fourth-order valence-corrected chi connectivity index (χ4v) is 2.09. The highest BCUT2D eigenvalue weighted by Gasteiger charge is 2.33. The number of pyridine rings is 1. The number of aromatic nitrogens is 3. The third kappa shape index (κ3) is 2.37. The maximum absolute atomic E-state index is 13.0. The van der Waals surface area contributed by atoms with Gasteiger partial charge in [0.25, 0.3) is 0 Å². The van der Waals surface area contributed by atoms with Crippen molar-refractivity contribution in [2.24, 2.45) is 0 Å². The molecule has 0 bridgehead atoms. The minimum absolute atomic E-state index is 0.120. The zero-order valence-electron chi connectivity index (χ0n) is 10.6. The first-order chi connectivity index (χ1) is 9.97. The molecule has 0 aliphatic carbocycles. The van der Waals surface area contributed by atoms with E-state index in [-0.39, 0.29) is 11.3 Å². The van der Waals surface area contributed by atoms with Crippen LogP contribution < -0.4 is 5.73 Å². The minimum atomic E-state index is -4.54. The number of nitrogens with zero attached hydrogens (tertiary/aromatic N) is 3. The number of fused-ring (bicyclic) bond motifs is 1. The van der Waals surface area contributed by atoms with E-state index >= 15 is 0 Å². The molecular weight excluding hydrogens is 281 g/mol. The Hall–Kier alpha value is -2.70. The molecule has 0 aliphatic rings. The standard InChI is InChI=1S/C14H9F3N4/c15-14(16,17)12-5-9(10-6-19-7-20-13(10)18)8-3-1-2-4-11(8)21-12/h1-7H,(H2,18,19,20). The Balaban J connectivity index is 2.38. The number of para-hydroxylation sites is 1. The van der Waals surface area contributed by atoms with Gasteiger partial charge in [0.15, 0.2) is 0 Å². The van der Waals surface area contributed by atoms with Gasteiger partial charge in [-0.3, -0.25) is 0 Å². The van der Waals surface area contributed by atoms with Gasteiger partial charge in [-0.1, -0.05) is 18.2 Å². The number of nitrogens with two attached hydrogens (primary N) is 1. The van der Waals surface area contributed by atoms with E-state index in [0.29, 0.717) is 16.5 Å². The van der Waals surface area contributed by atoms with Crippen LogP contribution in [0, 0.1) is 0 Å². The van der Waals surface area contributed by atoms with Gasteiger partial charge in [-0.15, -0.1) is 0 Å². The van der Waals surface area contributed by atoms with E-state index < -0.39 is 11.9 Å². The van der Waals surface area contributed by atoms with Gasteiger partial charge in [0, 0.05) is 17.1 Å². The fourth-order valence-electron chi connectivity index (χ4n) is 2.09. The Kier molecular flexibility index (Phi) is 2.97. The van der Waals surface area contributed by atoms with E-state index in [1.807, 2.05) is 0 Å². The van der Waals surface area contributed by atoms with Crippen LogP contribution in [0.5, 0.6) is 0 Å². The lowest BCUT2D eigenvalue weighted by atomic mass is 10.0. The molecule has 21 heavy (non-hydrogen) atoms. The minimum Gasteiger partial charge on any atom is -0.383 e. The van der Waals surface area contributed by atoms with Crippen molar-refractivity contribution in [1.29, 1.82) is 0 Å². The summed E-state index contributed by atoms with van der Waals surface area (Å²) in [5, 5.41) is 0.562. The smallest absolute Gasteiger partial charge is 0.383 e. The van der Waals surface area contributed by atoms with Crippen LogP contribution in [0.2, 0.25) is 0 Å². The summed E-state index contributed by atoms with van der Waals surface area (Å²) in [5.74, 6) is 0.120. The predicted octanol–water partition coefficient (Wildman–Crippen LogP) is 3.29. The van der Waals surface area contributed by atoms with Gasteiger partial charge in [-0.05, 0) is 17.7 Å². The molecule has 2 heterocycles. The van der Waals surface area contributed by atoms with Crippen LogP contribution in [0.15, 0.2) is 42.9 Å². The van der Waals surface area contributed by atoms with E-state index in [4.69, 9.17) is 5.73 Å². The summed E-state index contributed by atoms with van der Waals surface area (Å²) >= 11 is 0. The van der Waals surface area contributed by atoms with Gasteiger partial charge in [-0.2, -0.15) is 13.2 Å². The van der Waals surface area contributed by atoms with Crippen molar-refractivity contribution in [2.45, 2.75) is 6.18 Å². The molecule has 2 N–H and O–H groups in total. The highest BCUT2D eigenvalue weighted by molar-refractivity contribution is 5.96. The number of hydrogen-bond donors (Lipinski definition) is 1. The molecule has 1 aromatic carbocycles. The number of rotatable bonds is 1. The van der Waals surface area contributed by atoms with E-state index in [0.717, 1.165) is 6.07 Å². The average molecular weight is 290 g/mol. The maximum Gasteiger partial charge on any atom is 0.433 e. The van der Waals surface area contributed by atoms with Crippen molar-refractivity contribution in [3.8, 4) is 11.1 Å². The summed E-state index contributed by atoms with van der Waals surface area (Å²) in [5.41, 5.74) is 5.68. The molecule has 0 saturated carbocycles. The molecular formula is C14H9F3N4. The second kappa shape index (κ2) is 4.69. The third-order valence-electron chi connectivity index (χ3n) is 3.04. The summed E-state index contributed by atoms with van der Waals surface area (Å²) in [6.07, 6.45) is -1.90. The van der Waals surface area contributed by atoms with Crippen molar-refractivity contribution in [3.63, 3.8) is 0 Å². The lowest BCUT2D eigenvalue weighted by molar-refractivity contribution is -0.140. The number of nitrogen functional groups attached to an aromatic ring is 1. The second-order valence-electron chi connectivity index (χ2n) is 4.39. The number of hydrogen-bond acceptors (Lipinski definition) is 4. The quantitative estimate of drug-likeness (QED) is 0.747. The molecule has 0 fully saturated rings. The van der Waals surface area contributed by atoms with Crippen LogP contribution in [0.25, 0.3) is 22.0 Å². The first-order valence-electron chi connectivity index (χ1n) is 5.99. The Morgan fingerprint density at radius 2 is 1.81 bits per heavy atom. The largest absolute Gasteiger partial charge is 0.433 e. The Labute approximate surface area is 117 Å². The molecule has 7 heteroatoms. The summed E-state index contributed by atoms with van der Waals surface area (Å²) in [7, 11) is 0. The fraction of sp³-hybridized carbons (Fsp3) is 0.0714.